The van der Waals surface area contributed by atoms with E-state index in [-0.39, 0.29) is 23.1 Å². The first-order chi connectivity index (χ1) is 15.3. The molecule has 1 amide bonds. The molecule has 0 spiro atoms. The number of aromatic hydroxyl groups is 1. The van der Waals surface area contributed by atoms with Crippen LogP contribution in [0.25, 0.3) is 0 Å². The van der Waals surface area contributed by atoms with Gasteiger partial charge in [0, 0.05) is 26.2 Å². The maximum absolute atomic E-state index is 12.8. The Labute approximate surface area is 188 Å². The quantitative estimate of drug-likeness (QED) is 0.457. The van der Waals surface area contributed by atoms with Crippen molar-refractivity contribution in [3.63, 3.8) is 0 Å². The molecule has 2 aromatic carbocycles. The third-order valence-electron chi connectivity index (χ3n) is 5.04. The lowest BCUT2D eigenvalue weighted by Gasteiger charge is -2.33. The first-order valence-corrected chi connectivity index (χ1v) is 11.8. The van der Waals surface area contributed by atoms with Crippen molar-refractivity contribution >= 4 is 22.1 Å². The molecule has 1 aliphatic rings. The van der Waals surface area contributed by atoms with Gasteiger partial charge in [-0.15, -0.1) is 0 Å². The van der Waals surface area contributed by atoms with Gasteiger partial charge in [0.05, 0.1) is 24.3 Å². The number of hydrogen-bond acceptors (Lipinski definition) is 7. The van der Waals surface area contributed by atoms with Crippen molar-refractivity contribution in [3.8, 4) is 11.5 Å². The molecule has 1 heterocycles. The number of hydrazone groups is 1. The second-order valence-electron chi connectivity index (χ2n) is 7.45. The number of rotatable bonds is 8. The van der Waals surface area contributed by atoms with E-state index in [1.807, 2.05) is 18.7 Å². The normalized spacial score (nSPS) is 15.7. The molecule has 0 unspecified atom stereocenters. The minimum atomic E-state index is -3.53. The highest BCUT2D eigenvalue weighted by Crippen LogP contribution is 2.26. The topological polar surface area (TPSA) is 112 Å². The van der Waals surface area contributed by atoms with Gasteiger partial charge in [-0.3, -0.25) is 9.69 Å². The minimum absolute atomic E-state index is 0.0385. The van der Waals surface area contributed by atoms with Gasteiger partial charge in [0.15, 0.2) is 11.5 Å². The van der Waals surface area contributed by atoms with Crippen LogP contribution in [0.3, 0.4) is 0 Å². The molecule has 1 aliphatic heterocycles. The number of nitrogens with one attached hydrogen (secondary N) is 1. The largest absolute Gasteiger partial charge is 0.504 e. The van der Waals surface area contributed by atoms with Crippen molar-refractivity contribution in [3.05, 3.63) is 53.6 Å². The molecule has 0 radical (unpaired) electrons. The predicted octanol–water partition coefficient (Wildman–Crippen LogP) is 1.56. The van der Waals surface area contributed by atoms with E-state index >= 15 is 0 Å². The molecule has 0 bridgehead atoms. The summed E-state index contributed by atoms with van der Waals surface area (Å²) in [5.74, 6) is 0.0951. The van der Waals surface area contributed by atoms with Crippen molar-refractivity contribution in [1.82, 2.24) is 14.6 Å². The maximum Gasteiger partial charge on any atom is 0.254 e. The number of carbonyl (C=O) groups is 1. The van der Waals surface area contributed by atoms with Crippen LogP contribution >= 0.6 is 0 Å². The summed E-state index contributed by atoms with van der Waals surface area (Å²) < 4.78 is 32.3. The zero-order valence-corrected chi connectivity index (χ0v) is 19.0. The fourth-order valence-electron chi connectivity index (χ4n) is 3.29. The summed E-state index contributed by atoms with van der Waals surface area (Å²) in [6.45, 7) is 5.82. The van der Waals surface area contributed by atoms with Gasteiger partial charge in [0.1, 0.15) is 0 Å². The van der Waals surface area contributed by atoms with Gasteiger partial charge in [0.25, 0.3) is 5.91 Å². The van der Waals surface area contributed by atoms with Crippen LogP contribution in [-0.4, -0.2) is 74.2 Å². The number of hydrogen-bond donors (Lipinski definition) is 2. The summed E-state index contributed by atoms with van der Waals surface area (Å²) in [7, 11) is -3.53. The fraction of sp³-hybridized carbons (Fsp3) is 0.364. The van der Waals surface area contributed by atoms with E-state index in [4.69, 9.17) is 4.74 Å². The highest BCUT2D eigenvalue weighted by molar-refractivity contribution is 7.89. The number of carbonyl (C=O) groups excluding carboxylic acids is 1. The van der Waals surface area contributed by atoms with Crippen LogP contribution < -0.4 is 10.2 Å². The second-order valence-corrected chi connectivity index (χ2v) is 9.38. The molecular formula is C22H28N4O5S. The number of aryl methyl sites for hydroxylation is 1. The summed E-state index contributed by atoms with van der Waals surface area (Å²) >= 11 is 0. The number of ether oxygens (including phenoxy) is 1. The van der Waals surface area contributed by atoms with E-state index in [9.17, 15) is 18.3 Å². The number of sulfonamides is 1. The monoisotopic (exact) mass is 460 g/mol. The standard InChI is InChI=1S/C22H28N4O5S/c1-3-31-21-14-18(6-9-20(21)27)15-23-24-22(28)16-25-10-12-26(13-11-25)32(29,30)19-7-4-17(2)5-8-19/h4-9,14-15,27H,3,10-13,16H2,1-2H3,(H,24,28)/b23-15+. The van der Waals surface area contributed by atoms with E-state index < -0.39 is 10.0 Å². The molecule has 2 aromatic rings. The Bertz CT molecular complexity index is 1060. The summed E-state index contributed by atoms with van der Waals surface area (Å²) in [6, 6.07) is 11.6. The third kappa shape index (κ3) is 6.06. The molecule has 172 valence electrons. The molecule has 0 aliphatic carbocycles. The number of nitrogens with zero attached hydrogens (tertiary/aromatic N) is 3. The summed E-state index contributed by atoms with van der Waals surface area (Å²) in [6.07, 6.45) is 1.46. The number of phenols is 1. The highest BCUT2D eigenvalue weighted by atomic mass is 32.2. The molecule has 1 fully saturated rings. The number of benzene rings is 2. The Morgan fingerprint density at radius 3 is 2.50 bits per heavy atom. The molecule has 0 saturated carbocycles. The number of piperazine rings is 1. The lowest BCUT2D eigenvalue weighted by Crippen LogP contribution is -2.50. The average Bonchev–Trinajstić information content (AvgIpc) is 2.77. The molecule has 9 nitrogen and oxygen atoms in total. The second kappa shape index (κ2) is 10.6. The predicted molar refractivity (Wildman–Crippen MR) is 121 cm³/mol. The van der Waals surface area contributed by atoms with E-state index in [0.717, 1.165) is 5.56 Å². The lowest BCUT2D eigenvalue weighted by atomic mass is 10.2. The zero-order chi connectivity index (χ0) is 23.1. The number of phenolic OH excluding ortho intramolecular Hbond substituents is 1. The average molecular weight is 461 g/mol. The van der Waals surface area contributed by atoms with Gasteiger partial charge >= 0.3 is 0 Å². The molecule has 0 atom stereocenters. The Kier molecular flexibility index (Phi) is 7.84. The molecule has 0 aromatic heterocycles. The van der Waals surface area contributed by atoms with Gasteiger partial charge in [0.2, 0.25) is 10.0 Å². The van der Waals surface area contributed by atoms with Crippen LogP contribution in [-0.2, 0) is 14.8 Å². The summed E-state index contributed by atoms with van der Waals surface area (Å²) in [4.78, 5) is 14.4. The lowest BCUT2D eigenvalue weighted by molar-refractivity contribution is -0.122. The van der Waals surface area contributed by atoms with E-state index in [1.165, 1.54) is 16.6 Å². The van der Waals surface area contributed by atoms with Crippen LogP contribution in [0, 0.1) is 6.92 Å². The van der Waals surface area contributed by atoms with Crippen molar-refractivity contribution < 1.29 is 23.1 Å². The third-order valence-corrected chi connectivity index (χ3v) is 6.96. The molecule has 1 saturated heterocycles. The first kappa shape index (κ1) is 23.7. The maximum atomic E-state index is 12.8. The Hall–Kier alpha value is -2.95. The van der Waals surface area contributed by atoms with Crippen LogP contribution in [0.5, 0.6) is 11.5 Å². The highest BCUT2D eigenvalue weighted by Gasteiger charge is 2.28. The van der Waals surface area contributed by atoms with E-state index in [1.54, 1.807) is 36.4 Å². The molecule has 10 heteroatoms. The zero-order valence-electron chi connectivity index (χ0n) is 18.2. The van der Waals surface area contributed by atoms with Crippen LogP contribution in [0.4, 0.5) is 0 Å². The van der Waals surface area contributed by atoms with Crippen molar-refractivity contribution in [2.45, 2.75) is 18.7 Å². The Morgan fingerprint density at radius 1 is 1.16 bits per heavy atom. The van der Waals surface area contributed by atoms with Crippen LogP contribution in [0.2, 0.25) is 0 Å². The van der Waals surface area contributed by atoms with Gasteiger partial charge in [-0.05, 0) is 49.7 Å². The first-order valence-electron chi connectivity index (χ1n) is 10.4. The summed E-state index contributed by atoms with van der Waals surface area (Å²) in [5.41, 5.74) is 4.14. The molecule has 2 N–H and O–H groups in total. The SMILES string of the molecule is CCOc1cc(/C=N/NC(=O)CN2CCN(S(=O)(=O)c3ccc(C)cc3)CC2)ccc1O. The van der Waals surface area contributed by atoms with Crippen molar-refractivity contribution in [2.24, 2.45) is 5.10 Å². The van der Waals surface area contributed by atoms with Crippen LogP contribution in [0.1, 0.15) is 18.1 Å². The Balaban J connectivity index is 1.48. The molecule has 3 rings (SSSR count). The van der Waals surface area contributed by atoms with Gasteiger partial charge in [-0.25, -0.2) is 13.8 Å². The van der Waals surface area contributed by atoms with Crippen molar-refractivity contribution in [1.29, 1.82) is 0 Å². The van der Waals surface area contributed by atoms with Gasteiger partial charge in [-0.1, -0.05) is 17.7 Å². The van der Waals surface area contributed by atoms with Crippen molar-refractivity contribution in [2.75, 3.05) is 39.3 Å². The smallest absolute Gasteiger partial charge is 0.254 e. The van der Waals surface area contributed by atoms with Gasteiger partial charge < -0.3 is 9.84 Å². The summed E-state index contributed by atoms with van der Waals surface area (Å²) in [5, 5.41) is 13.7. The van der Waals surface area contributed by atoms with E-state index in [0.29, 0.717) is 44.1 Å². The van der Waals surface area contributed by atoms with E-state index in [2.05, 4.69) is 10.5 Å². The number of amides is 1. The fourth-order valence-corrected chi connectivity index (χ4v) is 4.71. The molecular weight excluding hydrogens is 432 g/mol. The Morgan fingerprint density at radius 2 is 1.84 bits per heavy atom. The minimum Gasteiger partial charge on any atom is -0.504 e. The van der Waals surface area contributed by atoms with Crippen LogP contribution in [0.15, 0.2) is 52.5 Å². The molecule has 32 heavy (non-hydrogen) atoms. The van der Waals surface area contributed by atoms with Gasteiger partial charge in [-0.2, -0.15) is 9.41 Å².